The molecule has 2 heteroatoms. The third-order valence-corrected chi connectivity index (χ3v) is 7.14. The molecule has 0 saturated heterocycles. The van der Waals surface area contributed by atoms with Gasteiger partial charge in [-0.25, -0.2) is 4.98 Å². The normalized spacial score (nSPS) is 15.9. The maximum Gasteiger partial charge on any atom is 0.145 e. The Kier molecular flexibility index (Phi) is 3.22. The van der Waals surface area contributed by atoms with Gasteiger partial charge in [0.1, 0.15) is 5.82 Å². The number of fused-ring (bicyclic) bond motifs is 3. The van der Waals surface area contributed by atoms with Gasteiger partial charge in [-0.05, 0) is 68.0 Å². The number of aromatic nitrogens is 2. The van der Waals surface area contributed by atoms with Crippen LogP contribution in [0.15, 0.2) is 157 Å². The number of hydrogen-bond donors (Lipinski definition) is 0. The molecular formula is C39H26N2. The molecule has 1 heterocycles. The molecule has 0 amide bonds. The maximum atomic E-state index is 9.15. The molecule has 8 aromatic rings. The van der Waals surface area contributed by atoms with Crippen LogP contribution in [0.4, 0.5) is 0 Å². The lowest BCUT2D eigenvalue weighted by atomic mass is 9.86. The standard InChI is InChI=1S/C39H26N2/c1-3-13-27(14-4-1)37-31-17-7-9-19-33(31)38(34-20-10-8-18-32(34)37)28-23-25-29(26-24-28)39-40-35-21-11-12-22-36(35)41(39)30-15-5-2-6-16-30/h1-26H/i2D,5D,6D,7D,8D,9D,10D,15D,16D,17D,18D,19D,20D. The Hall–Kier alpha value is -5.47. The van der Waals surface area contributed by atoms with Crippen LogP contribution in [0.25, 0.3) is 71.9 Å². The van der Waals surface area contributed by atoms with Crippen LogP contribution < -0.4 is 0 Å². The number of imidazole rings is 1. The molecule has 0 fully saturated rings. The molecule has 0 bridgehead atoms. The van der Waals surface area contributed by atoms with E-state index in [1.54, 1.807) is 78.9 Å². The molecule has 8 rings (SSSR count). The smallest absolute Gasteiger partial charge is 0.145 e. The molecule has 192 valence electrons. The molecule has 0 aliphatic heterocycles. The van der Waals surface area contributed by atoms with Crippen LogP contribution in [0.5, 0.6) is 0 Å². The molecule has 0 unspecified atom stereocenters. The van der Waals surface area contributed by atoms with Gasteiger partial charge in [0.25, 0.3) is 0 Å². The molecular weight excluding hydrogens is 496 g/mol. The monoisotopic (exact) mass is 535 g/mol. The van der Waals surface area contributed by atoms with E-state index in [0.29, 0.717) is 27.7 Å². The Morgan fingerprint density at radius 2 is 0.951 bits per heavy atom. The zero-order valence-electron chi connectivity index (χ0n) is 34.4. The average Bonchev–Trinajstić information content (AvgIpc) is 3.57. The van der Waals surface area contributed by atoms with Gasteiger partial charge in [0.2, 0.25) is 0 Å². The second-order valence-corrected chi connectivity index (χ2v) is 9.43. The van der Waals surface area contributed by atoms with Crippen molar-refractivity contribution in [1.29, 1.82) is 0 Å². The van der Waals surface area contributed by atoms with Crippen LogP contribution in [-0.2, 0) is 0 Å². The van der Waals surface area contributed by atoms with Crippen molar-refractivity contribution >= 4 is 32.6 Å². The lowest BCUT2D eigenvalue weighted by Crippen LogP contribution is -1.97. The Morgan fingerprint density at radius 1 is 0.463 bits per heavy atom. The summed E-state index contributed by atoms with van der Waals surface area (Å²) in [6.45, 7) is 0. The van der Waals surface area contributed by atoms with E-state index in [9.17, 15) is 0 Å². The van der Waals surface area contributed by atoms with Crippen molar-refractivity contribution < 1.29 is 17.8 Å². The van der Waals surface area contributed by atoms with Crippen LogP contribution in [0.3, 0.4) is 0 Å². The number of para-hydroxylation sites is 3. The van der Waals surface area contributed by atoms with Gasteiger partial charge < -0.3 is 0 Å². The average molecular weight is 536 g/mol. The zero-order valence-corrected chi connectivity index (χ0v) is 21.4. The highest BCUT2D eigenvalue weighted by Gasteiger charge is 2.18. The summed E-state index contributed by atoms with van der Waals surface area (Å²) in [5, 5.41) is 0.367. The van der Waals surface area contributed by atoms with Crippen molar-refractivity contribution in [3.05, 3.63) is 157 Å². The largest absolute Gasteiger partial charge is 0.292 e. The molecule has 0 aliphatic rings. The summed E-state index contributed by atoms with van der Waals surface area (Å²) in [5.41, 5.74) is 2.72. The van der Waals surface area contributed by atoms with E-state index >= 15 is 0 Å². The Labute approximate surface area is 257 Å². The van der Waals surface area contributed by atoms with Gasteiger partial charge >= 0.3 is 0 Å². The molecule has 0 spiro atoms. The van der Waals surface area contributed by atoms with E-state index in [2.05, 4.69) is 0 Å². The Bertz CT molecular complexity index is 2790. The van der Waals surface area contributed by atoms with Gasteiger partial charge in [0, 0.05) is 11.3 Å². The van der Waals surface area contributed by atoms with Crippen molar-refractivity contribution in [2.75, 3.05) is 0 Å². The predicted octanol–water partition coefficient (Wildman–Crippen LogP) is 10.3. The minimum Gasteiger partial charge on any atom is -0.292 e. The van der Waals surface area contributed by atoms with Crippen molar-refractivity contribution in [3.63, 3.8) is 0 Å². The van der Waals surface area contributed by atoms with E-state index < -0.39 is 54.4 Å². The summed E-state index contributed by atoms with van der Waals surface area (Å²) in [6.07, 6.45) is 0. The lowest BCUT2D eigenvalue weighted by molar-refractivity contribution is 1.10. The fraction of sp³-hybridized carbons (Fsp3) is 0. The predicted molar refractivity (Wildman–Crippen MR) is 172 cm³/mol. The summed E-state index contributed by atoms with van der Waals surface area (Å²) in [6, 6.07) is 16.6. The quantitative estimate of drug-likeness (QED) is 0.205. The van der Waals surface area contributed by atoms with Crippen LogP contribution in [0, 0.1) is 0 Å². The fourth-order valence-corrected chi connectivity index (χ4v) is 5.39. The van der Waals surface area contributed by atoms with Gasteiger partial charge in [-0.3, -0.25) is 4.57 Å². The molecule has 0 radical (unpaired) electrons. The van der Waals surface area contributed by atoms with Crippen molar-refractivity contribution in [1.82, 2.24) is 9.55 Å². The van der Waals surface area contributed by atoms with Crippen molar-refractivity contribution in [2.45, 2.75) is 0 Å². The van der Waals surface area contributed by atoms with Crippen LogP contribution in [0.2, 0.25) is 0 Å². The molecule has 41 heavy (non-hydrogen) atoms. The van der Waals surface area contributed by atoms with E-state index in [1.807, 2.05) is 0 Å². The highest BCUT2D eigenvalue weighted by molar-refractivity contribution is 6.21. The van der Waals surface area contributed by atoms with Gasteiger partial charge in [-0.15, -0.1) is 0 Å². The van der Waals surface area contributed by atoms with E-state index in [0.717, 1.165) is 0 Å². The number of nitrogens with zero attached hydrogens (tertiary/aromatic N) is 2. The first-order valence-corrected chi connectivity index (χ1v) is 12.9. The van der Waals surface area contributed by atoms with Crippen LogP contribution in [0.1, 0.15) is 17.8 Å². The first-order chi connectivity index (χ1) is 25.8. The van der Waals surface area contributed by atoms with E-state index in [-0.39, 0.29) is 68.4 Å². The van der Waals surface area contributed by atoms with Gasteiger partial charge in [0.05, 0.1) is 28.9 Å². The van der Waals surface area contributed by atoms with Gasteiger partial charge in [-0.1, -0.05) is 133 Å². The number of rotatable bonds is 4. The lowest BCUT2D eigenvalue weighted by Gasteiger charge is -2.18. The fourth-order valence-electron chi connectivity index (χ4n) is 5.39. The second-order valence-electron chi connectivity index (χ2n) is 9.43. The molecule has 0 atom stereocenters. The highest BCUT2D eigenvalue weighted by atomic mass is 15.1. The third-order valence-electron chi connectivity index (χ3n) is 7.14. The third kappa shape index (κ3) is 3.84. The van der Waals surface area contributed by atoms with Crippen LogP contribution >= 0.6 is 0 Å². The summed E-state index contributed by atoms with van der Waals surface area (Å²) in [7, 11) is 0. The highest BCUT2D eigenvalue weighted by Crippen LogP contribution is 2.43. The minimum atomic E-state index is -0.530. The van der Waals surface area contributed by atoms with E-state index in [4.69, 9.17) is 22.8 Å². The Morgan fingerprint density at radius 3 is 1.56 bits per heavy atom. The SMILES string of the molecule is [2H]c1c([2H])c([2H])c(-n2c(-c3ccc(-c4c5c([2H])c([2H])c([2H])c([2H])c5c(-c5ccccc5)c5c([2H])c([2H])c([2H])c([2H])c45)cc3)nc3ccccc32)c([2H])c1[2H]. The maximum absolute atomic E-state index is 9.15. The second kappa shape index (κ2) is 9.62. The van der Waals surface area contributed by atoms with E-state index in [1.165, 1.54) is 4.57 Å². The molecule has 1 aromatic heterocycles. The first-order valence-electron chi connectivity index (χ1n) is 19.4. The molecule has 2 nitrogen and oxygen atoms in total. The minimum absolute atomic E-state index is 0.0801. The summed E-state index contributed by atoms with van der Waals surface area (Å²) < 4.78 is 115. The van der Waals surface area contributed by atoms with Gasteiger partial charge in [-0.2, -0.15) is 0 Å². The molecule has 7 aromatic carbocycles. The summed E-state index contributed by atoms with van der Waals surface area (Å²) >= 11 is 0. The van der Waals surface area contributed by atoms with Crippen LogP contribution in [-0.4, -0.2) is 9.55 Å². The summed E-state index contributed by atoms with van der Waals surface area (Å²) in [5.74, 6) is 0.263. The Balaban J connectivity index is 1.48. The van der Waals surface area contributed by atoms with Crippen molar-refractivity contribution in [3.8, 4) is 39.3 Å². The number of benzene rings is 7. The summed E-state index contributed by atoms with van der Waals surface area (Å²) in [4.78, 5) is 4.79. The molecule has 0 aliphatic carbocycles. The van der Waals surface area contributed by atoms with Crippen molar-refractivity contribution in [2.24, 2.45) is 0 Å². The first kappa shape index (κ1) is 13.7. The van der Waals surface area contributed by atoms with Gasteiger partial charge in [0.15, 0.2) is 0 Å². The number of hydrogen-bond acceptors (Lipinski definition) is 1. The molecule has 0 N–H and O–H groups in total. The topological polar surface area (TPSA) is 17.8 Å². The zero-order chi connectivity index (χ0) is 38.5. The molecule has 0 saturated carbocycles.